The van der Waals surface area contributed by atoms with Gasteiger partial charge in [0.2, 0.25) is 0 Å². The second-order valence-corrected chi connectivity index (χ2v) is 6.28. The molecule has 0 aromatic heterocycles. The van der Waals surface area contributed by atoms with E-state index in [1.807, 2.05) is 7.11 Å². The summed E-state index contributed by atoms with van der Waals surface area (Å²) in [5, 5.41) is 3.75. The Morgan fingerprint density at radius 2 is 2.05 bits per heavy atom. The number of benzene rings is 1. The molecule has 3 atom stereocenters. The number of methoxy groups -OCH3 is 1. The van der Waals surface area contributed by atoms with E-state index >= 15 is 0 Å². The highest BCUT2D eigenvalue weighted by Gasteiger charge is 2.39. The van der Waals surface area contributed by atoms with E-state index < -0.39 is 0 Å². The monoisotopic (exact) mass is 274 g/mol. The molecule has 1 aromatic rings. The van der Waals surface area contributed by atoms with Crippen LogP contribution in [0.5, 0.6) is 0 Å². The molecule has 2 aliphatic rings. The van der Waals surface area contributed by atoms with Crippen LogP contribution in [0.4, 0.5) is 0 Å². The average molecular weight is 274 g/mol. The van der Waals surface area contributed by atoms with Gasteiger partial charge in [-0.1, -0.05) is 30.3 Å². The summed E-state index contributed by atoms with van der Waals surface area (Å²) in [5.41, 5.74) is 1.40. The van der Waals surface area contributed by atoms with Crippen molar-refractivity contribution < 1.29 is 4.74 Å². The lowest BCUT2D eigenvalue weighted by Crippen LogP contribution is -2.55. The van der Waals surface area contributed by atoms with Gasteiger partial charge in [0.15, 0.2) is 0 Å². The SMILES string of the molecule is COC(C)CN1CC(c2ccccc2)NCC1C1CC1. The van der Waals surface area contributed by atoms with Crippen LogP contribution in [0.3, 0.4) is 0 Å². The highest BCUT2D eigenvalue weighted by Crippen LogP contribution is 2.37. The Bertz CT molecular complexity index is 418. The molecule has 1 saturated heterocycles. The minimum Gasteiger partial charge on any atom is -0.380 e. The summed E-state index contributed by atoms with van der Waals surface area (Å²) in [5.74, 6) is 0.906. The predicted octanol–water partition coefficient (Wildman–Crippen LogP) is 2.45. The molecular formula is C17H26N2O. The van der Waals surface area contributed by atoms with Crippen molar-refractivity contribution in [1.29, 1.82) is 0 Å². The van der Waals surface area contributed by atoms with Crippen LogP contribution in [0.1, 0.15) is 31.4 Å². The van der Waals surface area contributed by atoms with Crippen molar-refractivity contribution in [1.82, 2.24) is 10.2 Å². The first kappa shape index (κ1) is 14.1. The lowest BCUT2D eigenvalue weighted by atomic mass is 9.99. The molecule has 110 valence electrons. The van der Waals surface area contributed by atoms with E-state index in [-0.39, 0.29) is 0 Å². The summed E-state index contributed by atoms with van der Waals surface area (Å²) in [6.07, 6.45) is 3.12. The van der Waals surface area contributed by atoms with E-state index in [0.717, 1.165) is 25.6 Å². The Hall–Kier alpha value is -0.900. The van der Waals surface area contributed by atoms with Crippen LogP contribution in [0.2, 0.25) is 0 Å². The minimum atomic E-state index is 0.311. The highest BCUT2D eigenvalue weighted by atomic mass is 16.5. The van der Waals surface area contributed by atoms with Crippen LogP contribution >= 0.6 is 0 Å². The van der Waals surface area contributed by atoms with Gasteiger partial charge >= 0.3 is 0 Å². The van der Waals surface area contributed by atoms with Crippen LogP contribution in [0.15, 0.2) is 30.3 Å². The molecule has 0 amide bonds. The van der Waals surface area contributed by atoms with Gasteiger partial charge in [0, 0.05) is 38.8 Å². The third-order valence-electron chi connectivity index (χ3n) is 4.72. The standard InChI is InChI=1S/C17H26N2O/c1-13(20-2)11-19-12-16(14-6-4-3-5-7-14)18-10-17(19)15-8-9-15/h3-7,13,15-18H,8-12H2,1-2H3. The largest absolute Gasteiger partial charge is 0.380 e. The number of hydrogen-bond donors (Lipinski definition) is 1. The summed E-state index contributed by atoms with van der Waals surface area (Å²) in [6.45, 7) is 5.42. The molecule has 2 fully saturated rings. The van der Waals surface area contributed by atoms with Crippen molar-refractivity contribution in [3.05, 3.63) is 35.9 Å². The fraction of sp³-hybridized carbons (Fsp3) is 0.647. The molecule has 3 nitrogen and oxygen atoms in total. The molecule has 3 rings (SSSR count). The summed E-state index contributed by atoms with van der Waals surface area (Å²) in [7, 11) is 1.81. The third-order valence-corrected chi connectivity index (χ3v) is 4.72. The van der Waals surface area contributed by atoms with Gasteiger partial charge in [0.1, 0.15) is 0 Å². The fourth-order valence-corrected chi connectivity index (χ4v) is 3.30. The molecule has 0 bridgehead atoms. The number of nitrogens with zero attached hydrogens (tertiary/aromatic N) is 1. The van der Waals surface area contributed by atoms with E-state index in [1.54, 1.807) is 0 Å². The maximum atomic E-state index is 5.48. The molecule has 1 N–H and O–H groups in total. The highest BCUT2D eigenvalue weighted by molar-refractivity contribution is 5.20. The maximum absolute atomic E-state index is 5.48. The van der Waals surface area contributed by atoms with Gasteiger partial charge in [0.25, 0.3) is 0 Å². The van der Waals surface area contributed by atoms with Gasteiger partial charge in [-0.3, -0.25) is 4.90 Å². The number of nitrogens with one attached hydrogen (secondary N) is 1. The molecule has 1 saturated carbocycles. The van der Waals surface area contributed by atoms with Gasteiger partial charge in [-0.15, -0.1) is 0 Å². The molecule has 1 aromatic carbocycles. The molecule has 3 heteroatoms. The second kappa shape index (κ2) is 6.25. The Morgan fingerprint density at radius 1 is 1.30 bits per heavy atom. The molecule has 1 aliphatic carbocycles. The fourth-order valence-electron chi connectivity index (χ4n) is 3.30. The maximum Gasteiger partial charge on any atom is 0.0670 e. The van der Waals surface area contributed by atoms with Gasteiger partial charge in [-0.05, 0) is 31.2 Å². The Kier molecular flexibility index (Phi) is 4.39. The van der Waals surface area contributed by atoms with Crippen molar-refractivity contribution >= 4 is 0 Å². The number of rotatable bonds is 5. The first-order valence-corrected chi connectivity index (χ1v) is 7.83. The molecule has 1 aliphatic heterocycles. The normalized spacial score (nSPS) is 29.3. The zero-order chi connectivity index (χ0) is 13.9. The van der Waals surface area contributed by atoms with Crippen LogP contribution in [0, 0.1) is 5.92 Å². The van der Waals surface area contributed by atoms with Crippen LogP contribution in [-0.2, 0) is 4.74 Å². The van der Waals surface area contributed by atoms with Crippen molar-refractivity contribution in [3.63, 3.8) is 0 Å². The molecule has 3 unspecified atom stereocenters. The van der Waals surface area contributed by atoms with E-state index in [1.165, 1.54) is 18.4 Å². The number of ether oxygens (including phenoxy) is 1. The topological polar surface area (TPSA) is 24.5 Å². The molecule has 20 heavy (non-hydrogen) atoms. The molecular weight excluding hydrogens is 248 g/mol. The van der Waals surface area contributed by atoms with E-state index in [0.29, 0.717) is 18.2 Å². The first-order chi connectivity index (χ1) is 9.78. The van der Waals surface area contributed by atoms with Crippen LogP contribution in [-0.4, -0.2) is 43.8 Å². The smallest absolute Gasteiger partial charge is 0.0670 e. The number of piperazine rings is 1. The Balaban J connectivity index is 1.69. The van der Waals surface area contributed by atoms with Crippen molar-refractivity contribution in [2.24, 2.45) is 5.92 Å². The summed E-state index contributed by atoms with van der Waals surface area (Å²) in [4.78, 5) is 2.65. The predicted molar refractivity (Wildman–Crippen MR) is 81.7 cm³/mol. The summed E-state index contributed by atoms with van der Waals surface area (Å²) in [6, 6.07) is 12.0. The summed E-state index contributed by atoms with van der Waals surface area (Å²) >= 11 is 0. The van der Waals surface area contributed by atoms with Gasteiger partial charge in [-0.2, -0.15) is 0 Å². The third kappa shape index (κ3) is 3.22. The van der Waals surface area contributed by atoms with E-state index in [2.05, 4.69) is 47.5 Å². The average Bonchev–Trinajstić information content (AvgIpc) is 3.32. The Labute approximate surface area is 122 Å². The van der Waals surface area contributed by atoms with Crippen molar-refractivity contribution in [2.45, 2.75) is 38.0 Å². The van der Waals surface area contributed by atoms with Crippen molar-refractivity contribution in [2.75, 3.05) is 26.7 Å². The summed E-state index contributed by atoms with van der Waals surface area (Å²) < 4.78 is 5.48. The van der Waals surface area contributed by atoms with Crippen LogP contribution < -0.4 is 5.32 Å². The van der Waals surface area contributed by atoms with Gasteiger partial charge in [0.05, 0.1) is 6.10 Å². The quantitative estimate of drug-likeness (QED) is 0.892. The lowest BCUT2D eigenvalue weighted by molar-refractivity contribution is 0.0349. The number of hydrogen-bond acceptors (Lipinski definition) is 3. The minimum absolute atomic E-state index is 0.311. The molecule has 0 radical (unpaired) electrons. The van der Waals surface area contributed by atoms with Gasteiger partial charge < -0.3 is 10.1 Å². The molecule has 1 heterocycles. The lowest BCUT2D eigenvalue weighted by Gasteiger charge is -2.42. The zero-order valence-electron chi connectivity index (χ0n) is 12.6. The zero-order valence-corrected chi connectivity index (χ0v) is 12.6. The Morgan fingerprint density at radius 3 is 2.70 bits per heavy atom. The second-order valence-electron chi connectivity index (χ2n) is 6.28. The van der Waals surface area contributed by atoms with E-state index in [9.17, 15) is 0 Å². The van der Waals surface area contributed by atoms with Crippen molar-refractivity contribution in [3.8, 4) is 0 Å². The van der Waals surface area contributed by atoms with Gasteiger partial charge in [-0.25, -0.2) is 0 Å². The van der Waals surface area contributed by atoms with Crippen LogP contribution in [0.25, 0.3) is 0 Å². The van der Waals surface area contributed by atoms with E-state index in [4.69, 9.17) is 4.74 Å². The molecule has 0 spiro atoms. The first-order valence-electron chi connectivity index (χ1n) is 7.83.